The second-order valence-electron chi connectivity index (χ2n) is 10.6. The van der Waals surface area contributed by atoms with Gasteiger partial charge in [-0.15, -0.1) is 0 Å². The molecule has 3 aromatic rings. The summed E-state index contributed by atoms with van der Waals surface area (Å²) in [6.07, 6.45) is 12.0. The maximum Gasteiger partial charge on any atom is 0.223 e. The standard InChI is InChI=1S/C29H39N7O4/c1(8-35-9-14-37-15-10-35)13-39-25-20-32-29(33-21-25)34-22-2-4-24(5-3-22)40-27-19-23(36-11-16-38-17-12-36)18-26-28(27)31-7-6-30-26/h6-7,18-22,24H,1-5,8-17H2,(H,32,33,34). The molecule has 2 saturated heterocycles. The van der Waals surface area contributed by atoms with Crippen LogP contribution in [0.1, 0.15) is 32.1 Å². The Morgan fingerprint density at radius 2 is 1.57 bits per heavy atom. The van der Waals surface area contributed by atoms with E-state index in [1.165, 1.54) is 0 Å². The van der Waals surface area contributed by atoms with E-state index in [1.54, 1.807) is 24.8 Å². The lowest BCUT2D eigenvalue weighted by Gasteiger charge is -2.31. The Labute approximate surface area is 235 Å². The Morgan fingerprint density at radius 1 is 0.850 bits per heavy atom. The molecule has 4 heterocycles. The smallest absolute Gasteiger partial charge is 0.223 e. The lowest BCUT2D eigenvalue weighted by atomic mass is 9.93. The molecule has 6 rings (SSSR count). The topological polar surface area (TPSA) is 107 Å². The van der Waals surface area contributed by atoms with Gasteiger partial charge in [0.2, 0.25) is 5.95 Å². The van der Waals surface area contributed by atoms with Gasteiger partial charge in [0.1, 0.15) is 11.3 Å². The van der Waals surface area contributed by atoms with Crippen LogP contribution in [0.3, 0.4) is 0 Å². The fourth-order valence-corrected chi connectivity index (χ4v) is 5.58. The van der Waals surface area contributed by atoms with E-state index >= 15 is 0 Å². The molecule has 0 spiro atoms. The zero-order valence-corrected chi connectivity index (χ0v) is 23.0. The predicted octanol–water partition coefficient (Wildman–Crippen LogP) is 3.16. The maximum atomic E-state index is 6.55. The van der Waals surface area contributed by atoms with Crippen molar-refractivity contribution in [3.05, 3.63) is 36.9 Å². The van der Waals surface area contributed by atoms with Gasteiger partial charge in [-0.3, -0.25) is 9.88 Å². The Hall–Kier alpha value is -3.28. The van der Waals surface area contributed by atoms with Crippen molar-refractivity contribution in [1.82, 2.24) is 24.8 Å². The first kappa shape index (κ1) is 26.9. The minimum absolute atomic E-state index is 0.136. The van der Waals surface area contributed by atoms with Gasteiger partial charge in [0.15, 0.2) is 5.75 Å². The molecule has 0 amide bonds. The minimum Gasteiger partial charge on any atom is -0.490 e. The summed E-state index contributed by atoms with van der Waals surface area (Å²) in [4.78, 5) is 22.8. The highest BCUT2D eigenvalue weighted by Gasteiger charge is 2.25. The average molecular weight is 550 g/mol. The maximum absolute atomic E-state index is 6.55. The van der Waals surface area contributed by atoms with Crippen molar-refractivity contribution in [2.45, 2.75) is 44.2 Å². The van der Waals surface area contributed by atoms with Gasteiger partial charge in [0.05, 0.1) is 57.0 Å². The summed E-state index contributed by atoms with van der Waals surface area (Å²) in [5, 5.41) is 3.49. The van der Waals surface area contributed by atoms with Crippen LogP contribution in [-0.4, -0.2) is 103 Å². The van der Waals surface area contributed by atoms with Crippen LogP contribution in [0, 0.1) is 0 Å². The van der Waals surface area contributed by atoms with Crippen LogP contribution in [0.2, 0.25) is 0 Å². The summed E-state index contributed by atoms with van der Waals surface area (Å²) in [5.74, 6) is 2.16. The van der Waals surface area contributed by atoms with Crippen molar-refractivity contribution in [2.24, 2.45) is 0 Å². The molecule has 0 bridgehead atoms. The SMILES string of the molecule is c1cnc2c(OC3CCC(Nc4ncc(OCCCN5CCOCC5)cn4)CC3)cc(N3CCOCC3)cc2n1. The van der Waals surface area contributed by atoms with E-state index in [1.807, 2.05) is 0 Å². The molecule has 0 unspecified atom stereocenters. The van der Waals surface area contributed by atoms with Crippen molar-refractivity contribution in [2.75, 3.05) is 76.0 Å². The molecule has 1 N–H and O–H groups in total. The summed E-state index contributed by atoms with van der Waals surface area (Å²) in [6.45, 7) is 8.56. The van der Waals surface area contributed by atoms with E-state index in [-0.39, 0.29) is 6.10 Å². The van der Waals surface area contributed by atoms with Gasteiger partial charge in [-0.05, 0) is 38.2 Å². The van der Waals surface area contributed by atoms with E-state index < -0.39 is 0 Å². The minimum atomic E-state index is 0.136. The van der Waals surface area contributed by atoms with Crippen LogP contribution >= 0.6 is 0 Å². The first-order valence-corrected chi connectivity index (χ1v) is 14.6. The van der Waals surface area contributed by atoms with Gasteiger partial charge in [-0.2, -0.15) is 0 Å². The second kappa shape index (κ2) is 13.4. The first-order valence-electron chi connectivity index (χ1n) is 14.6. The predicted molar refractivity (Wildman–Crippen MR) is 152 cm³/mol. The molecular weight excluding hydrogens is 510 g/mol. The number of nitrogens with zero attached hydrogens (tertiary/aromatic N) is 6. The molecule has 11 heteroatoms. The second-order valence-corrected chi connectivity index (χ2v) is 10.6. The molecule has 2 aliphatic heterocycles. The van der Waals surface area contributed by atoms with Gasteiger partial charge < -0.3 is 29.2 Å². The van der Waals surface area contributed by atoms with Crippen molar-refractivity contribution in [1.29, 1.82) is 0 Å². The molecular formula is C29H39N7O4. The van der Waals surface area contributed by atoms with E-state index in [9.17, 15) is 0 Å². The number of aromatic nitrogens is 4. The van der Waals surface area contributed by atoms with Crippen molar-refractivity contribution in [3.63, 3.8) is 0 Å². The number of fused-ring (bicyclic) bond motifs is 1. The fraction of sp³-hybridized carbons (Fsp3) is 0.586. The van der Waals surface area contributed by atoms with Gasteiger partial charge in [-0.1, -0.05) is 0 Å². The summed E-state index contributed by atoms with van der Waals surface area (Å²) in [7, 11) is 0. The molecule has 40 heavy (non-hydrogen) atoms. The number of rotatable bonds is 10. The Morgan fingerprint density at radius 3 is 2.35 bits per heavy atom. The molecule has 11 nitrogen and oxygen atoms in total. The molecule has 3 aliphatic rings. The largest absolute Gasteiger partial charge is 0.490 e. The molecule has 1 saturated carbocycles. The third-order valence-corrected chi connectivity index (χ3v) is 7.82. The Kier molecular flexibility index (Phi) is 9.01. The average Bonchev–Trinajstić information content (AvgIpc) is 3.02. The molecule has 0 atom stereocenters. The molecule has 1 aliphatic carbocycles. The highest BCUT2D eigenvalue weighted by molar-refractivity contribution is 5.85. The Balaban J connectivity index is 0.973. The fourth-order valence-electron chi connectivity index (χ4n) is 5.58. The third kappa shape index (κ3) is 7.07. The van der Waals surface area contributed by atoms with Crippen LogP contribution in [-0.2, 0) is 9.47 Å². The number of nitrogens with one attached hydrogen (secondary N) is 1. The van der Waals surface area contributed by atoms with E-state index in [4.69, 9.17) is 18.9 Å². The summed E-state index contributed by atoms with van der Waals surface area (Å²) in [6, 6.07) is 4.53. The van der Waals surface area contributed by atoms with E-state index in [0.717, 1.165) is 114 Å². The van der Waals surface area contributed by atoms with Crippen LogP contribution < -0.4 is 19.7 Å². The summed E-state index contributed by atoms with van der Waals surface area (Å²) >= 11 is 0. The molecule has 3 fully saturated rings. The molecule has 214 valence electrons. The van der Waals surface area contributed by atoms with Crippen LogP contribution in [0.4, 0.5) is 11.6 Å². The number of hydrogen-bond donors (Lipinski definition) is 1. The summed E-state index contributed by atoms with van der Waals surface area (Å²) in [5.41, 5.74) is 2.79. The first-order chi connectivity index (χ1) is 19.8. The lowest BCUT2D eigenvalue weighted by molar-refractivity contribution is 0.0358. The highest BCUT2D eigenvalue weighted by atomic mass is 16.5. The van der Waals surface area contributed by atoms with Crippen LogP contribution in [0.25, 0.3) is 11.0 Å². The quantitative estimate of drug-likeness (QED) is 0.377. The molecule has 0 radical (unpaired) electrons. The zero-order chi connectivity index (χ0) is 27.0. The van der Waals surface area contributed by atoms with Crippen molar-refractivity contribution >= 4 is 22.7 Å². The zero-order valence-electron chi connectivity index (χ0n) is 23.0. The van der Waals surface area contributed by atoms with Gasteiger partial charge >= 0.3 is 0 Å². The van der Waals surface area contributed by atoms with Crippen molar-refractivity contribution < 1.29 is 18.9 Å². The van der Waals surface area contributed by atoms with Gasteiger partial charge in [-0.25, -0.2) is 15.0 Å². The normalized spacial score (nSPS) is 22.2. The van der Waals surface area contributed by atoms with Gasteiger partial charge in [0.25, 0.3) is 0 Å². The van der Waals surface area contributed by atoms with Crippen LogP contribution in [0.15, 0.2) is 36.9 Å². The molecule has 2 aromatic heterocycles. The Bertz CT molecular complexity index is 1210. The third-order valence-electron chi connectivity index (χ3n) is 7.82. The van der Waals surface area contributed by atoms with Crippen LogP contribution in [0.5, 0.6) is 11.5 Å². The van der Waals surface area contributed by atoms with E-state index in [0.29, 0.717) is 24.3 Å². The highest BCUT2D eigenvalue weighted by Crippen LogP contribution is 2.33. The monoisotopic (exact) mass is 549 g/mol. The van der Waals surface area contributed by atoms with Crippen molar-refractivity contribution in [3.8, 4) is 11.5 Å². The van der Waals surface area contributed by atoms with Gasteiger partial charge in [0, 0.05) is 62.9 Å². The molecule has 1 aromatic carbocycles. The van der Waals surface area contributed by atoms with E-state index in [2.05, 4.69) is 47.2 Å². The number of anilines is 2. The lowest BCUT2D eigenvalue weighted by Crippen LogP contribution is -2.37. The number of ether oxygens (including phenoxy) is 4. The number of benzene rings is 1. The number of morpholine rings is 2. The number of hydrogen-bond acceptors (Lipinski definition) is 11. The summed E-state index contributed by atoms with van der Waals surface area (Å²) < 4.78 is 23.3.